The van der Waals surface area contributed by atoms with Crippen molar-refractivity contribution in [2.45, 2.75) is 19.3 Å². The van der Waals surface area contributed by atoms with E-state index in [4.69, 9.17) is 0 Å². The molecule has 0 atom stereocenters. The van der Waals surface area contributed by atoms with Gasteiger partial charge >= 0.3 is 0 Å². The number of amides is 1. The lowest BCUT2D eigenvalue weighted by atomic mass is 9.92. The summed E-state index contributed by atoms with van der Waals surface area (Å²) in [6.07, 6.45) is 8.69. The van der Waals surface area contributed by atoms with Crippen LogP contribution in [0, 0.1) is 0 Å². The summed E-state index contributed by atoms with van der Waals surface area (Å²) in [7, 11) is 0. The molecule has 68 valence electrons. The zero-order valence-corrected chi connectivity index (χ0v) is 7.36. The van der Waals surface area contributed by atoms with E-state index in [1.807, 2.05) is 12.1 Å². The van der Waals surface area contributed by atoms with Crippen LogP contribution in [0.25, 0.3) is 0 Å². The molecule has 0 saturated heterocycles. The van der Waals surface area contributed by atoms with Crippen LogP contribution in [0.2, 0.25) is 0 Å². The summed E-state index contributed by atoms with van der Waals surface area (Å²) in [5.41, 5.74) is 3.98. The molecule has 0 spiro atoms. The molecule has 0 radical (unpaired) electrons. The second kappa shape index (κ2) is 3.47. The number of allylic oxidation sites excluding steroid dienone is 1. The van der Waals surface area contributed by atoms with Crippen molar-refractivity contribution in [2.24, 2.45) is 0 Å². The number of aromatic nitrogens is 1. The molecule has 1 aliphatic carbocycles. The summed E-state index contributed by atoms with van der Waals surface area (Å²) in [5.74, 6) is -0.0362. The molecule has 1 aliphatic rings. The molecule has 1 saturated carbocycles. The zero-order chi connectivity index (χ0) is 9.10. The van der Waals surface area contributed by atoms with Gasteiger partial charge in [-0.25, -0.2) is 0 Å². The first kappa shape index (κ1) is 8.10. The Labute approximate surface area is 77.0 Å². The van der Waals surface area contributed by atoms with E-state index in [-0.39, 0.29) is 5.91 Å². The Hall–Kier alpha value is -1.51. The molecule has 2 rings (SSSR count). The Morgan fingerprint density at radius 1 is 1.38 bits per heavy atom. The highest BCUT2D eigenvalue weighted by molar-refractivity contribution is 5.94. The van der Waals surface area contributed by atoms with Crippen LogP contribution in [-0.4, -0.2) is 10.6 Å². The van der Waals surface area contributed by atoms with Gasteiger partial charge in [0, 0.05) is 18.5 Å². The fourth-order valence-corrected chi connectivity index (χ4v) is 1.28. The normalized spacial score (nSPS) is 14.9. The van der Waals surface area contributed by atoms with Crippen molar-refractivity contribution in [1.82, 2.24) is 4.68 Å². The number of carbonyl (C=O) groups excluding carboxylic acids is 1. The monoisotopic (exact) mass is 176 g/mol. The van der Waals surface area contributed by atoms with Crippen molar-refractivity contribution in [3.63, 3.8) is 0 Å². The van der Waals surface area contributed by atoms with E-state index in [0.717, 1.165) is 12.8 Å². The first-order valence-corrected chi connectivity index (χ1v) is 4.48. The average molecular weight is 176 g/mol. The van der Waals surface area contributed by atoms with Crippen LogP contribution < -0.4 is 5.43 Å². The van der Waals surface area contributed by atoms with E-state index in [0.29, 0.717) is 0 Å². The molecule has 0 bridgehead atoms. The summed E-state index contributed by atoms with van der Waals surface area (Å²) in [4.78, 5) is 11.3. The van der Waals surface area contributed by atoms with Gasteiger partial charge in [-0.2, -0.15) is 0 Å². The molecule has 1 aromatic heterocycles. The van der Waals surface area contributed by atoms with E-state index < -0.39 is 0 Å². The van der Waals surface area contributed by atoms with E-state index in [9.17, 15) is 4.79 Å². The van der Waals surface area contributed by atoms with Gasteiger partial charge in [0.15, 0.2) is 0 Å². The lowest BCUT2D eigenvalue weighted by Gasteiger charge is -2.15. The molecule has 0 unspecified atom stereocenters. The molecule has 0 aromatic carbocycles. The summed E-state index contributed by atoms with van der Waals surface area (Å²) in [6.45, 7) is 0. The third-order valence-electron chi connectivity index (χ3n) is 2.17. The topological polar surface area (TPSA) is 34.0 Å². The minimum Gasteiger partial charge on any atom is -0.268 e. The van der Waals surface area contributed by atoms with Gasteiger partial charge in [-0.05, 0) is 31.4 Å². The van der Waals surface area contributed by atoms with Crippen LogP contribution >= 0.6 is 0 Å². The fraction of sp³-hybridized carbons (Fsp3) is 0.300. The number of carbonyl (C=O) groups is 1. The first-order valence-electron chi connectivity index (χ1n) is 4.48. The lowest BCUT2D eigenvalue weighted by Crippen LogP contribution is -2.20. The quantitative estimate of drug-likeness (QED) is 0.683. The Balaban J connectivity index is 1.92. The van der Waals surface area contributed by atoms with E-state index >= 15 is 0 Å². The van der Waals surface area contributed by atoms with Gasteiger partial charge in [-0.3, -0.25) is 14.9 Å². The Morgan fingerprint density at radius 2 is 2.08 bits per heavy atom. The maximum Gasteiger partial charge on any atom is 0.262 e. The van der Waals surface area contributed by atoms with Crippen LogP contribution in [0.4, 0.5) is 0 Å². The highest BCUT2D eigenvalue weighted by atomic mass is 16.2. The molecule has 1 N–H and O–H groups in total. The molecule has 3 nitrogen and oxygen atoms in total. The molecule has 1 amide bonds. The third-order valence-corrected chi connectivity index (χ3v) is 2.17. The summed E-state index contributed by atoms with van der Waals surface area (Å²) in [6, 6.07) is 3.74. The predicted molar refractivity (Wildman–Crippen MR) is 50.7 cm³/mol. The second-order valence-corrected chi connectivity index (χ2v) is 3.22. The third kappa shape index (κ3) is 1.99. The largest absolute Gasteiger partial charge is 0.268 e. The average Bonchev–Trinajstić information content (AvgIpc) is 2.49. The molecule has 1 aromatic rings. The molecular weight excluding hydrogens is 164 g/mol. The standard InChI is InChI=1S/C10H12N2O/c13-10(8-9-4-3-5-9)11-12-6-1-2-7-12/h1-2,6-8H,3-5H2,(H,11,13). The Kier molecular flexibility index (Phi) is 2.17. The minimum atomic E-state index is -0.0362. The highest BCUT2D eigenvalue weighted by Gasteiger charge is 2.09. The maximum atomic E-state index is 11.3. The summed E-state index contributed by atoms with van der Waals surface area (Å²) >= 11 is 0. The van der Waals surface area contributed by atoms with E-state index in [1.165, 1.54) is 12.0 Å². The number of rotatable bonds is 2. The zero-order valence-electron chi connectivity index (χ0n) is 7.36. The van der Waals surface area contributed by atoms with E-state index in [2.05, 4.69) is 5.43 Å². The van der Waals surface area contributed by atoms with Crippen LogP contribution in [0.1, 0.15) is 19.3 Å². The predicted octanol–water partition coefficient (Wildman–Crippen LogP) is 1.67. The van der Waals surface area contributed by atoms with Crippen LogP contribution in [0.5, 0.6) is 0 Å². The second-order valence-electron chi connectivity index (χ2n) is 3.22. The molecule has 13 heavy (non-hydrogen) atoms. The molecular formula is C10H12N2O. The van der Waals surface area contributed by atoms with Crippen molar-refractivity contribution < 1.29 is 4.79 Å². The SMILES string of the molecule is O=C(C=C1CCC1)Nn1cccc1. The van der Waals surface area contributed by atoms with Gasteiger partial charge in [0.2, 0.25) is 0 Å². The Morgan fingerprint density at radius 3 is 2.62 bits per heavy atom. The molecule has 1 fully saturated rings. The summed E-state index contributed by atoms with van der Waals surface area (Å²) in [5, 5.41) is 0. The van der Waals surface area contributed by atoms with Crippen molar-refractivity contribution in [2.75, 3.05) is 5.43 Å². The number of nitrogens with zero attached hydrogens (tertiary/aromatic N) is 1. The smallest absolute Gasteiger partial charge is 0.262 e. The molecule has 0 aliphatic heterocycles. The summed E-state index contributed by atoms with van der Waals surface area (Å²) < 4.78 is 1.65. The number of nitrogens with one attached hydrogen (secondary N) is 1. The fourth-order valence-electron chi connectivity index (χ4n) is 1.28. The van der Waals surface area contributed by atoms with E-state index in [1.54, 1.807) is 23.1 Å². The van der Waals surface area contributed by atoms with Crippen molar-refractivity contribution in [1.29, 1.82) is 0 Å². The van der Waals surface area contributed by atoms with Gasteiger partial charge in [0.05, 0.1) is 0 Å². The van der Waals surface area contributed by atoms with Crippen molar-refractivity contribution in [3.8, 4) is 0 Å². The maximum absolute atomic E-state index is 11.3. The van der Waals surface area contributed by atoms with Crippen LogP contribution in [0.3, 0.4) is 0 Å². The lowest BCUT2D eigenvalue weighted by molar-refractivity contribution is -0.112. The van der Waals surface area contributed by atoms with Gasteiger partial charge in [-0.1, -0.05) is 5.57 Å². The van der Waals surface area contributed by atoms with Crippen molar-refractivity contribution >= 4 is 5.91 Å². The highest BCUT2D eigenvalue weighted by Crippen LogP contribution is 2.24. The number of hydrogen-bond acceptors (Lipinski definition) is 1. The first-order chi connectivity index (χ1) is 6.34. The van der Waals surface area contributed by atoms with Crippen LogP contribution in [-0.2, 0) is 4.79 Å². The van der Waals surface area contributed by atoms with Crippen LogP contribution in [0.15, 0.2) is 36.2 Å². The Bertz CT molecular complexity index is 319. The van der Waals surface area contributed by atoms with Gasteiger partial charge < -0.3 is 0 Å². The number of hydrogen-bond donors (Lipinski definition) is 1. The molecule has 3 heteroatoms. The van der Waals surface area contributed by atoms with Gasteiger partial charge in [0.25, 0.3) is 5.91 Å². The molecule has 1 heterocycles. The van der Waals surface area contributed by atoms with Gasteiger partial charge in [-0.15, -0.1) is 0 Å². The van der Waals surface area contributed by atoms with Gasteiger partial charge in [0.1, 0.15) is 0 Å². The minimum absolute atomic E-state index is 0.0362. The van der Waals surface area contributed by atoms with Crippen molar-refractivity contribution in [3.05, 3.63) is 36.2 Å².